The molecule has 2 rings (SSSR count). The molecule has 0 aliphatic heterocycles. The summed E-state index contributed by atoms with van der Waals surface area (Å²) in [6.07, 6.45) is 3.79. The quantitative estimate of drug-likeness (QED) is 0.681. The third kappa shape index (κ3) is 3.07. The molecule has 4 heteroatoms. The molecule has 18 heavy (non-hydrogen) atoms. The van der Waals surface area contributed by atoms with Crippen LogP contribution in [-0.4, -0.2) is 22.8 Å². The maximum Gasteiger partial charge on any atom is 0.251 e. The highest BCUT2D eigenvalue weighted by atomic mass is 79.9. The van der Waals surface area contributed by atoms with Crippen LogP contribution >= 0.6 is 15.9 Å². The summed E-state index contributed by atoms with van der Waals surface area (Å²) in [5.41, 5.74) is 1.55. The molecule has 94 valence electrons. The van der Waals surface area contributed by atoms with E-state index in [-0.39, 0.29) is 5.91 Å². The smallest absolute Gasteiger partial charge is 0.251 e. The lowest BCUT2D eigenvalue weighted by atomic mass is 10.1. The number of carbonyl (C=O) groups is 1. The number of rotatable bonds is 5. The molecule has 1 heterocycles. The van der Waals surface area contributed by atoms with Gasteiger partial charge in [-0.3, -0.25) is 9.78 Å². The van der Waals surface area contributed by atoms with Crippen molar-refractivity contribution in [1.82, 2.24) is 10.3 Å². The molecular weight excluding hydrogens is 292 g/mol. The molecule has 0 aliphatic rings. The molecule has 0 saturated heterocycles. The van der Waals surface area contributed by atoms with E-state index in [1.165, 1.54) is 0 Å². The second-order valence-electron chi connectivity index (χ2n) is 4.03. The van der Waals surface area contributed by atoms with Gasteiger partial charge in [0.2, 0.25) is 0 Å². The molecule has 3 nitrogen and oxygen atoms in total. The molecule has 0 radical (unpaired) electrons. The zero-order valence-corrected chi connectivity index (χ0v) is 11.6. The van der Waals surface area contributed by atoms with Crippen molar-refractivity contribution in [2.24, 2.45) is 0 Å². The van der Waals surface area contributed by atoms with Crippen molar-refractivity contribution in [3.05, 3.63) is 42.1 Å². The van der Waals surface area contributed by atoms with Crippen LogP contribution in [0.3, 0.4) is 0 Å². The van der Waals surface area contributed by atoms with Crippen LogP contribution in [0.15, 0.2) is 36.5 Å². The molecule has 0 aliphatic carbocycles. The monoisotopic (exact) mass is 306 g/mol. The van der Waals surface area contributed by atoms with E-state index in [0.29, 0.717) is 12.1 Å². The maximum atomic E-state index is 12.1. The number of aromatic nitrogens is 1. The van der Waals surface area contributed by atoms with E-state index in [4.69, 9.17) is 0 Å². The van der Waals surface area contributed by atoms with E-state index in [2.05, 4.69) is 26.2 Å². The molecule has 0 unspecified atom stereocenters. The molecule has 2 aromatic rings. The van der Waals surface area contributed by atoms with Crippen LogP contribution < -0.4 is 5.32 Å². The third-order valence-corrected chi connectivity index (χ3v) is 3.30. The summed E-state index contributed by atoms with van der Waals surface area (Å²) in [6.45, 7) is 0.709. The van der Waals surface area contributed by atoms with E-state index in [0.717, 1.165) is 29.1 Å². The Morgan fingerprint density at radius 1 is 1.22 bits per heavy atom. The van der Waals surface area contributed by atoms with Crippen molar-refractivity contribution in [3.8, 4) is 0 Å². The molecule has 0 saturated carbocycles. The molecule has 0 bridgehead atoms. The van der Waals surface area contributed by atoms with Crippen molar-refractivity contribution in [2.75, 3.05) is 11.9 Å². The number of hydrogen-bond donors (Lipinski definition) is 1. The number of benzene rings is 1. The molecule has 0 atom stereocenters. The van der Waals surface area contributed by atoms with Gasteiger partial charge in [-0.2, -0.15) is 0 Å². The molecular formula is C14H15BrN2O. The molecule has 1 aromatic heterocycles. The van der Waals surface area contributed by atoms with Crippen LogP contribution in [0.5, 0.6) is 0 Å². The van der Waals surface area contributed by atoms with Gasteiger partial charge < -0.3 is 5.32 Å². The van der Waals surface area contributed by atoms with Gasteiger partial charge in [-0.05, 0) is 31.0 Å². The summed E-state index contributed by atoms with van der Waals surface area (Å²) < 4.78 is 0. The summed E-state index contributed by atoms with van der Waals surface area (Å²) in [5.74, 6) is -0.0248. The average molecular weight is 307 g/mol. The minimum Gasteiger partial charge on any atom is -0.352 e. The largest absolute Gasteiger partial charge is 0.352 e. The van der Waals surface area contributed by atoms with Crippen LogP contribution in [-0.2, 0) is 0 Å². The van der Waals surface area contributed by atoms with Crippen LogP contribution in [0.1, 0.15) is 23.2 Å². The van der Waals surface area contributed by atoms with Gasteiger partial charge in [0.1, 0.15) is 0 Å². The molecule has 1 aromatic carbocycles. The van der Waals surface area contributed by atoms with Gasteiger partial charge >= 0.3 is 0 Å². The first-order valence-corrected chi connectivity index (χ1v) is 7.13. The van der Waals surface area contributed by atoms with Crippen LogP contribution in [0.2, 0.25) is 0 Å². The number of unbranched alkanes of at least 4 members (excludes halogenated alkanes) is 1. The number of amides is 1. The number of nitrogens with zero attached hydrogens (tertiary/aromatic N) is 1. The predicted molar refractivity (Wildman–Crippen MR) is 77.1 cm³/mol. The Hall–Kier alpha value is -1.42. The Kier molecular flexibility index (Phi) is 4.70. The van der Waals surface area contributed by atoms with E-state index in [1.54, 1.807) is 6.20 Å². The zero-order chi connectivity index (χ0) is 12.8. The maximum absolute atomic E-state index is 12.1. The standard InChI is InChI=1S/C14H15BrN2O/c15-8-1-2-9-17-14(18)12-5-3-7-13-11(12)6-4-10-16-13/h3-7,10H,1-2,8-9H2,(H,17,18). The number of pyridine rings is 1. The Morgan fingerprint density at radius 3 is 2.94 bits per heavy atom. The van der Waals surface area contributed by atoms with Crippen molar-refractivity contribution >= 4 is 32.7 Å². The number of carbonyl (C=O) groups excluding carboxylic acids is 1. The van der Waals surface area contributed by atoms with Crippen molar-refractivity contribution in [1.29, 1.82) is 0 Å². The van der Waals surface area contributed by atoms with Gasteiger partial charge in [0.25, 0.3) is 5.91 Å². The molecule has 0 spiro atoms. The summed E-state index contributed by atoms with van der Waals surface area (Å²) in [6, 6.07) is 9.39. The van der Waals surface area contributed by atoms with E-state index >= 15 is 0 Å². The second-order valence-corrected chi connectivity index (χ2v) is 4.82. The Labute approximate surface area is 115 Å². The van der Waals surface area contributed by atoms with Gasteiger partial charge in [-0.15, -0.1) is 0 Å². The fraction of sp³-hybridized carbons (Fsp3) is 0.286. The highest BCUT2D eigenvalue weighted by molar-refractivity contribution is 9.09. The normalized spacial score (nSPS) is 10.5. The van der Waals surface area contributed by atoms with Crippen molar-refractivity contribution < 1.29 is 4.79 Å². The predicted octanol–water partition coefficient (Wildman–Crippen LogP) is 3.14. The lowest BCUT2D eigenvalue weighted by Gasteiger charge is -2.07. The van der Waals surface area contributed by atoms with Crippen LogP contribution in [0.4, 0.5) is 0 Å². The van der Waals surface area contributed by atoms with Gasteiger partial charge in [0.15, 0.2) is 0 Å². The first-order chi connectivity index (χ1) is 8.83. The second kappa shape index (κ2) is 6.50. The lowest BCUT2D eigenvalue weighted by Crippen LogP contribution is -2.24. The van der Waals surface area contributed by atoms with Gasteiger partial charge in [0, 0.05) is 29.0 Å². The summed E-state index contributed by atoms with van der Waals surface area (Å²) in [7, 11) is 0. The first-order valence-electron chi connectivity index (χ1n) is 6.01. The van der Waals surface area contributed by atoms with E-state index in [9.17, 15) is 4.79 Å². The van der Waals surface area contributed by atoms with Crippen LogP contribution in [0, 0.1) is 0 Å². The molecule has 1 N–H and O–H groups in total. The lowest BCUT2D eigenvalue weighted by molar-refractivity contribution is 0.0955. The zero-order valence-electron chi connectivity index (χ0n) is 10.0. The van der Waals surface area contributed by atoms with E-state index < -0.39 is 0 Å². The van der Waals surface area contributed by atoms with Crippen molar-refractivity contribution in [3.63, 3.8) is 0 Å². The Morgan fingerprint density at radius 2 is 2.11 bits per heavy atom. The van der Waals surface area contributed by atoms with Gasteiger partial charge in [-0.1, -0.05) is 28.1 Å². The van der Waals surface area contributed by atoms with E-state index in [1.807, 2.05) is 30.3 Å². The minimum atomic E-state index is -0.0248. The van der Waals surface area contributed by atoms with Gasteiger partial charge in [0.05, 0.1) is 5.52 Å². The molecule has 0 fully saturated rings. The summed E-state index contributed by atoms with van der Waals surface area (Å²) in [4.78, 5) is 16.3. The first kappa shape index (κ1) is 13.0. The third-order valence-electron chi connectivity index (χ3n) is 2.74. The number of alkyl halides is 1. The average Bonchev–Trinajstić information content (AvgIpc) is 2.43. The fourth-order valence-corrected chi connectivity index (χ4v) is 2.21. The highest BCUT2D eigenvalue weighted by Crippen LogP contribution is 2.16. The van der Waals surface area contributed by atoms with Gasteiger partial charge in [-0.25, -0.2) is 0 Å². The summed E-state index contributed by atoms with van der Waals surface area (Å²) in [5, 5.41) is 4.81. The number of nitrogens with one attached hydrogen (secondary N) is 1. The van der Waals surface area contributed by atoms with Crippen molar-refractivity contribution in [2.45, 2.75) is 12.8 Å². The topological polar surface area (TPSA) is 42.0 Å². The molecule has 1 amide bonds. The number of hydrogen-bond acceptors (Lipinski definition) is 2. The number of halogens is 1. The Balaban J connectivity index is 2.13. The van der Waals surface area contributed by atoms with Crippen LogP contribution in [0.25, 0.3) is 10.9 Å². The SMILES string of the molecule is O=C(NCCCCBr)c1cccc2ncccc12. The minimum absolute atomic E-state index is 0.0248. The Bertz CT molecular complexity index is 537. The summed E-state index contributed by atoms with van der Waals surface area (Å²) >= 11 is 3.37. The fourth-order valence-electron chi connectivity index (χ4n) is 1.82. The number of fused-ring (bicyclic) bond motifs is 1. The highest BCUT2D eigenvalue weighted by Gasteiger charge is 2.08.